The highest BCUT2D eigenvalue weighted by Gasteiger charge is 2.45. The van der Waals surface area contributed by atoms with Gasteiger partial charge in [0.25, 0.3) is 17.4 Å². The Bertz CT molecular complexity index is 1120. The number of hydrogen-bond acceptors (Lipinski definition) is 8. The van der Waals surface area contributed by atoms with Crippen molar-refractivity contribution in [2.45, 2.75) is 12.5 Å². The van der Waals surface area contributed by atoms with Crippen LogP contribution in [-0.2, 0) is 14.3 Å². The fraction of sp³-hybridized carbons (Fsp3) is 0.360. The third-order valence-electron chi connectivity index (χ3n) is 6.30. The van der Waals surface area contributed by atoms with E-state index in [4.69, 9.17) is 9.47 Å². The molecule has 35 heavy (non-hydrogen) atoms. The summed E-state index contributed by atoms with van der Waals surface area (Å²) in [5, 5.41) is 22.2. The molecule has 10 heteroatoms. The van der Waals surface area contributed by atoms with E-state index in [9.17, 15) is 24.8 Å². The number of rotatable bonds is 8. The van der Waals surface area contributed by atoms with Crippen molar-refractivity contribution in [3.8, 4) is 5.75 Å². The van der Waals surface area contributed by atoms with Gasteiger partial charge in [-0.3, -0.25) is 24.6 Å². The number of aliphatic hydroxyl groups is 1. The fourth-order valence-corrected chi connectivity index (χ4v) is 4.43. The first-order valence-corrected chi connectivity index (χ1v) is 11.4. The van der Waals surface area contributed by atoms with Gasteiger partial charge >= 0.3 is 0 Å². The summed E-state index contributed by atoms with van der Waals surface area (Å²) in [6.07, 6.45) is 0.624. The minimum Gasteiger partial charge on any atom is -0.507 e. The summed E-state index contributed by atoms with van der Waals surface area (Å²) < 4.78 is 10.5. The van der Waals surface area contributed by atoms with E-state index in [0.29, 0.717) is 43.1 Å². The smallest absolute Gasteiger partial charge is 0.295 e. The second kappa shape index (κ2) is 10.7. The molecule has 0 aliphatic carbocycles. The number of ether oxygens (including phenoxy) is 2. The van der Waals surface area contributed by atoms with E-state index in [1.54, 1.807) is 24.3 Å². The summed E-state index contributed by atoms with van der Waals surface area (Å²) in [7, 11) is 1.52. The topological polar surface area (TPSA) is 122 Å². The van der Waals surface area contributed by atoms with Gasteiger partial charge < -0.3 is 19.5 Å². The Labute approximate surface area is 202 Å². The summed E-state index contributed by atoms with van der Waals surface area (Å²) >= 11 is 0. The normalized spacial score (nSPS) is 20.3. The zero-order valence-electron chi connectivity index (χ0n) is 19.4. The van der Waals surface area contributed by atoms with Crippen molar-refractivity contribution < 1.29 is 29.1 Å². The number of methoxy groups -OCH3 is 1. The Hall–Kier alpha value is -3.76. The number of non-ortho nitro benzene ring substituents is 1. The predicted molar refractivity (Wildman–Crippen MR) is 127 cm³/mol. The molecule has 2 saturated heterocycles. The van der Waals surface area contributed by atoms with Crippen molar-refractivity contribution in [1.82, 2.24) is 9.80 Å². The quantitative estimate of drug-likeness (QED) is 0.201. The van der Waals surface area contributed by atoms with Crippen LogP contribution >= 0.6 is 0 Å². The zero-order valence-corrected chi connectivity index (χ0v) is 19.4. The van der Waals surface area contributed by atoms with Crippen LogP contribution in [0.15, 0.2) is 54.1 Å². The largest absolute Gasteiger partial charge is 0.507 e. The van der Waals surface area contributed by atoms with Crippen molar-refractivity contribution in [3.05, 3.63) is 75.3 Å². The number of amides is 1. The fourth-order valence-electron chi connectivity index (χ4n) is 4.43. The number of nitro benzene ring substituents is 1. The molecule has 0 saturated carbocycles. The van der Waals surface area contributed by atoms with E-state index >= 15 is 0 Å². The lowest BCUT2D eigenvalue weighted by molar-refractivity contribution is -0.384. The average molecular weight is 482 g/mol. The van der Waals surface area contributed by atoms with Crippen LogP contribution in [-0.4, -0.2) is 78.0 Å². The van der Waals surface area contributed by atoms with E-state index in [-0.39, 0.29) is 17.0 Å². The van der Waals surface area contributed by atoms with Crippen LogP contribution in [0.4, 0.5) is 5.69 Å². The van der Waals surface area contributed by atoms with Crippen LogP contribution in [0, 0.1) is 10.1 Å². The maximum Gasteiger partial charge on any atom is 0.295 e. The van der Waals surface area contributed by atoms with Gasteiger partial charge in [-0.05, 0) is 48.4 Å². The second-order valence-corrected chi connectivity index (χ2v) is 8.38. The van der Waals surface area contributed by atoms with E-state index in [1.807, 2.05) is 0 Å². The number of carbonyl (C=O) groups is 2. The van der Waals surface area contributed by atoms with Gasteiger partial charge in [-0.25, -0.2) is 0 Å². The molecule has 0 radical (unpaired) electrons. The monoisotopic (exact) mass is 481 g/mol. The molecule has 0 unspecified atom stereocenters. The van der Waals surface area contributed by atoms with Gasteiger partial charge in [-0.2, -0.15) is 0 Å². The molecule has 2 aliphatic rings. The van der Waals surface area contributed by atoms with Gasteiger partial charge in [0.2, 0.25) is 0 Å². The molecular formula is C25H27N3O7. The molecule has 2 aliphatic heterocycles. The average Bonchev–Trinajstić information content (AvgIpc) is 3.14. The first-order chi connectivity index (χ1) is 16.9. The van der Waals surface area contributed by atoms with Crippen LogP contribution in [0.2, 0.25) is 0 Å². The molecule has 184 valence electrons. The number of likely N-dealkylation sites (tertiary alicyclic amines) is 1. The Balaban J connectivity index is 1.68. The molecular weight excluding hydrogens is 454 g/mol. The molecule has 1 N–H and O–H groups in total. The summed E-state index contributed by atoms with van der Waals surface area (Å²) in [4.78, 5) is 40.5. The molecule has 1 atom stereocenters. The van der Waals surface area contributed by atoms with Gasteiger partial charge in [0.15, 0.2) is 0 Å². The van der Waals surface area contributed by atoms with Gasteiger partial charge in [0.1, 0.15) is 11.5 Å². The molecule has 0 spiro atoms. The predicted octanol–water partition coefficient (Wildman–Crippen LogP) is 2.75. The Morgan fingerprint density at radius 3 is 2.34 bits per heavy atom. The van der Waals surface area contributed by atoms with Crippen LogP contribution in [0.3, 0.4) is 0 Å². The molecule has 2 aromatic carbocycles. The lowest BCUT2D eigenvalue weighted by Crippen LogP contribution is -2.38. The molecule has 2 fully saturated rings. The van der Waals surface area contributed by atoms with Crippen molar-refractivity contribution in [2.24, 2.45) is 0 Å². The Kier molecular flexibility index (Phi) is 7.42. The minimum absolute atomic E-state index is 0.0413. The Morgan fingerprint density at radius 1 is 1.09 bits per heavy atom. The molecule has 4 rings (SSSR count). The molecule has 10 nitrogen and oxygen atoms in total. The van der Waals surface area contributed by atoms with Gasteiger partial charge in [-0.15, -0.1) is 0 Å². The minimum atomic E-state index is -0.859. The molecule has 2 aromatic rings. The van der Waals surface area contributed by atoms with E-state index in [0.717, 1.165) is 19.6 Å². The summed E-state index contributed by atoms with van der Waals surface area (Å²) in [6.45, 7) is 3.97. The SMILES string of the molecule is COc1ccc(C(O)=C2C(=O)C(=O)N(CCCN3CCOCC3)[C@H]2c2ccc([N+](=O)[O-])cc2)cc1. The van der Waals surface area contributed by atoms with Crippen molar-refractivity contribution in [1.29, 1.82) is 0 Å². The number of ketones is 1. The van der Waals surface area contributed by atoms with Gasteiger partial charge in [0, 0.05) is 43.9 Å². The zero-order chi connectivity index (χ0) is 24.9. The molecule has 2 heterocycles. The van der Waals surface area contributed by atoms with Gasteiger partial charge in [0.05, 0.1) is 36.9 Å². The third-order valence-corrected chi connectivity index (χ3v) is 6.30. The third kappa shape index (κ3) is 5.18. The molecule has 1 amide bonds. The van der Waals surface area contributed by atoms with Crippen LogP contribution in [0.25, 0.3) is 5.76 Å². The summed E-state index contributed by atoms with van der Waals surface area (Å²) in [5.41, 5.74) is 0.730. The lowest BCUT2D eigenvalue weighted by Gasteiger charge is -2.29. The second-order valence-electron chi connectivity index (χ2n) is 8.38. The van der Waals surface area contributed by atoms with Crippen LogP contribution < -0.4 is 4.74 Å². The van der Waals surface area contributed by atoms with E-state index < -0.39 is 22.7 Å². The number of benzene rings is 2. The maximum atomic E-state index is 13.1. The number of nitro groups is 1. The van der Waals surface area contributed by atoms with Crippen molar-refractivity contribution in [2.75, 3.05) is 46.5 Å². The summed E-state index contributed by atoms with van der Waals surface area (Å²) in [6, 6.07) is 11.3. The molecule has 0 bridgehead atoms. The summed E-state index contributed by atoms with van der Waals surface area (Å²) in [5.74, 6) is -1.21. The highest BCUT2D eigenvalue weighted by atomic mass is 16.6. The highest BCUT2D eigenvalue weighted by Crippen LogP contribution is 2.40. The first-order valence-electron chi connectivity index (χ1n) is 11.4. The number of Topliss-reactive ketones (excluding diaryl/α,β-unsaturated/α-hetero) is 1. The van der Waals surface area contributed by atoms with Crippen LogP contribution in [0.5, 0.6) is 5.75 Å². The van der Waals surface area contributed by atoms with Gasteiger partial charge in [-0.1, -0.05) is 0 Å². The molecule has 0 aromatic heterocycles. The first kappa shape index (κ1) is 24.4. The number of aliphatic hydroxyl groups excluding tert-OH is 1. The Morgan fingerprint density at radius 2 is 1.74 bits per heavy atom. The van der Waals surface area contributed by atoms with E-state index in [2.05, 4.69) is 4.90 Å². The maximum absolute atomic E-state index is 13.1. The van der Waals surface area contributed by atoms with Crippen LogP contribution in [0.1, 0.15) is 23.6 Å². The number of hydrogen-bond donors (Lipinski definition) is 1. The number of carbonyl (C=O) groups excluding carboxylic acids is 2. The number of morpholine rings is 1. The van der Waals surface area contributed by atoms with E-state index in [1.165, 1.54) is 36.3 Å². The lowest BCUT2D eigenvalue weighted by atomic mass is 9.95. The number of nitrogens with zero attached hydrogens (tertiary/aromatic N) is 3. The highest BCUT2D eigenvalue weighted by molar-refractivity contribution is 6.46. The van der Waals surface area contributed by atoms with Crippen molar-refractivity contribution >= 4 is 23.1 Å². The standard InChI is InChI=1S/C25H27N3O7/c1-34-20-9-5-18(6-10-20)23(29)21-22(17-3-7-19(8-4-17)28(32)33)27(25(31)24(21)30)12-2-11-26-13-15-35-16-14-26/h3-10,22,29H,2,11-16H2,1H3/t22-/m0/s1. The van der Waals surface area contributed by atoms with Crippen molar-refractivity contribution in [3.63, 3.8) is 0 Å².